The van der Waals surface area contributed by atoms with Crippen LogP contribution in [-0.4, -0.2) is 74.7 Å². The first kappa shape index (κ1) is 14.3. The molecule has 1 fully saturated rings. The Kier molecular flexibility index (Phi) is 8.29. The van der Waals surface area contributed by atoms with Gasteiger partial charge in [0.05, 0.1) is 0 Å². The van der Waals surface area contributed by atoms with Crippen molar-refractivity contribution in [3.63, 3.8) is 0 Å². The van der Waals surface area contributed by atoms with Crippen LogP contribution in [0.4, 0.5) is 0 Å². The third kappa shape index (κ3) is 6.74. The monoisotopic (exact) mass is 245 g/mol. The molecule has 1 aliphatic rings. The van der Waals surface area contributed by atoms with Gasteiger partial charge in [0.15, 0.2) is 0 Å². The van der Waals surface area contributed by atoms with Crippen molar-refractivity contribution >= 4 is 11.8 Å². The van der Waals surface area contributed by atoms with Crippen LogP contribution in [-0.2, 0) is 0 Å². The summed E-state index contributed by atoms with van der Waals surface area (Å²) in [5.74, 6) is 1.31. The Labute approximate surface area is 105 Å². The molecule has 0 radical (unpaired) electrons. The van der Waals surface area contributed by atoms with E-state index < -0.39 is 0 Å². The van der Waals surface area contributed by atoms with Gasteiger partial charge in [-0.05, 0) is 38.4 Å². The molecule has 0 atom stereocenters. The average Bonchev–Trinajstić information content (AvgIpc) is 2.33. The van der Waals surface area contributed by atoms with Gasteiger partial charge in [0.25, 0.3) is 0 Å². The Morgan fingerprint density at radius 3 is 2.62 bits per heavy atom. The maximum absolute atomic E-state index is 3.39. The van der Waals surface area contributed by atoms with E-state index in [2.05, 4.69) is 28.4 Å². The van der Waals surface area contributed by atoms with E-state index in [1.807, 2.05) is 11.8 Å². The normalized spacial score (nSPS) is 18.2. The van der Waals surface area contributed by atoms with Gasteiger partial charge in [0.2, 0.25) is 0 Å². The molecule has 0 amide bonds. The lowest BCUT2D eigenvalue weighted by atomic mass is 10.3. The number of thioether (sulfide) groups is 1. The molecule has 96 valence electrons. The predicted octanol–water partition coefficient (Wildman–Crippen LogP) is 0.967. The third-order valence-corrected chi connectivity index (χ3v) is 3.84. The van der Waals surface area contributed by atoms with Crippen LogP contribution >= 0.6 is 11.8 Å². The maximum Gasteiger partial charge on any atom is 0.0110 e. The molecule has 1 aliphatic heterocycles. The Morgan fingerprint density at radius 2 is 1.94 bits per heavy atom. The number of rotatable bonds is 8. The van der Waals surface area contributed by atoms with Gasteiger partial charge in [-0.3, -0.25) is 4.90 Å². The number of nitrogens with zero attached hydrogens (tertiary/aromatic N) is 2. The number of unbranched alkanes of at least 4 members (excludes halogenated alkanes) is 1. The molecule has 3 nitrogen and oxygen atoms in total. The fourth-order valence-corrected chi connectivity index (χ4v) is 2.48. The lowest BCUT2D eigenvalue weighted by Gasteiger charge is -2.29. The van der Waals surface area contributed by atoms with Crippen molar-refractivity contribution in [1.29, 1.82) is 0 Å². The zero-order chi connectivity index (χ0) is 11.6. The van der Waals surface area contributed by atoms with Gasteiger partial charge in [-0.1, -0.05) is 0 Å². The molecule has 0 aromatic carbocycles. The van der Waals surface area contributed by atoms with Gasteiger partial charge in [-0.25, -0.2) is 0 Å². The summed E-state index contributed by atoms with van der Waals surface area (Å²) in [5, 5.41) is 3.39. The highest BCUT2D eigenvalue weighted by molar-refractivity contribution is 7.98. The highest BCUT2D eigenvalue weighted by atomic mass is 32.2. The van der Waals surface area contributed by atoms with E-state index in [9.17, 15) is 0 Å². The summed E-state index contributed by atoms with van der Waals surface area (Å²) in [6.07, 6.45) is 4.89. The molecular formula is C12H27N3S. The van der Waals surface area contributed by atoms with Gasteiger partial charge in [0, 0.05) is 39.3 Å². The Balaban J connectivity index is 1.94. The minimum absolute atomic E-state index is 1.16. The molecule has 16 heavy (non-hydrogen) atoms. The van der Waals surface area contributed by atoms with Gasteiger partial charge in [0.1, 0.15) is 0 Å². The van der Waals surface area contributed by atoms with Crippen molar-refractivity contribution in [3.8, 4) is 0 Å². The van der Waals surface area contributed by atoms with Crippen molar-refractivity contribution in [2.24, 2.45) is 0 Å². The number of nitrogens with one attached hydrogen (secondary N) is 1. The molecule has 0 aromatic heterocycles. The predicted molar refractivity (Wildman–Crippen MR) is 74.4 cm³/mol. The highest BCUT2D eigenvalue weighted by Gasteiger charge is 2.09. The second kappa shape index (κ2) is 9.28. The van der Waals surface area contributed by atoms with Crippen LogP contribution in [0.2, 0.25) is 0 Å². The van der Waals surface area contributed by atoms with Crippen molar-refractivity contribution in [1.82, 2.24) is 15.1 Å². The molecule has 1 rings (SSSR count). The molecule has 1 N–H and O–H groups in total. The maximum atomic E-state index is 3.39. The molecule has 1 saturated heterocycles. The topological polar surface area (TPSA) is 18.5 Å². The van der Waals surface area contributed by atoms with Crippen LogP contribution in [0.5, 0.6) is 0 Å². The van der Waals surface area contributed by atoms with Gasteiger partial charge >= 0.3 is 0 Å². The molecule has 0 spiro atoms. The lowest BCUT2D eigenvalue weighted by molar-refractivity contribution is 0.204. The van der Waals surface area contributed by atoms with Crippen molar-refractivity contribution < 1.29 is 0 Å². The zero-order valence-electron chi connectivity index (χ0n) is 10.9. The van der Waals surface area contributed by atoms with Gasteiger partial charge in [-0.15, -0.1) is 0 Å². The molecule has 0 unspecified atom stereocenters. The second-order valence-corrected chi connectivity index (χ2v) is 5.58. The van der Waals surface area contributed by atoms with E-state index in [4.69, 9.17) is 0 Å². The summed E-state index contributed by atoms with van der Waals surface area (Å²) in [4.78, 5) is 5.04. The van der Waals surface area contributed by atoms with Crippen LogP contribution in [0.25, 0.3) is 0 Å². The fourth-order valence-electron chi connectivity index (χ4n) is 1.99. The quantitative estimate of drug-likeness (QED) is 0.642. The van der Waals surface area contributed by atoms with Gasteiger partial charge in [-0.2, -0.15) is 11.8 Å². The van der Waals surface area contributed by atoms with Crippen LogP contribution < -0.4 is 5.32 Å². The summed E-state index contributed by atoms with van der Waals surface area (Å²) in [6.45, 7) is 8.49. The van der Waals surface area contributed by atoms with Gasteiger partial charge < -0.3 is 10.2 Å². The van der Waals surface area contributed by atoms with Crippen molar-refractivity contribution in [3.05, 3.63) is 0 Å². The van der Waals surface area contributed by atoms with E-state index in [0.717, 1.165) is 13.1 Å². The molecule has 0 aliphatic carbocycles. The Hall–Kier alpha value is 0.230. The van der Waals surface area contributed by atoms with E-state index in [0.29, 0.717) is 0 Å². The largest absolute Gasteiger partial charge is 0.314 e. The van der Waals surface area contributed by atoms with Crippen LogP contribution in [0.15, 0.2) is 0 Å². The number of likely N-dealkylation sites (N-methyl/N-ethyl adjacent to an activating group) is 1. The molecule has 0 saturated carbocycles. The minimum atomic E-state index is 1.16. The third-order valence-electron chi connectivity index (χ3n) is 3.15. The highest BCUT2D eigenvalue weighted by Crippen LogP contribution is 2.00. The van der Waals surface area contributed by atoms with Crippen LogP contribution in [0.1, 0.15) is 12.8 Å². The molecular weight excluding hydrogens is 218 g/mol. The fraction of sp³-hybridized carbons (Fsp3) is 1.00. The standard InChI is InChI=1S/C12H27N3S/c1-14(7-3-4-12-16-2)10-11-15-8-5-13-6-9-15/h13H,3-12H2,1-2H3. The Morgan fingerprint density at radius 1 is 1.19 bits per heavy atom. The first-order chi connectivity index (χ1) is 7.83. The zero-order valence-corrected chi connectivity index (χ0v) is 11.7. The molecule has 1 heterocycles. The summed E-state index contributed by atoms with van der Waals surface area (Å²) < 4.78 is 0. The summed E-state index contributed by atoms with van der Waals surface area (Å²) in [6, 6.07) is 0. The molecule has 4 heteroatoms. The number of hydrogen-bond donors (Lipinski definition) is 1. The first-order valence-electron chi connectivity index (χ1n) is 6.43. The molecule has 0 bridgehead atoms. The van der Waals surface area contributed by atoms with Crippen molar-refractivity contribution in [2.75, 3.05) is 64.9 Å². The van der Waals surface area contributed by atoms with Crippen LogP contribution in [0.3, 0.4) is 0 Å². The smallest absolute Gasteiger partial charge is 0.0110 e. The number of hydrogen-bond acceptors (Lipinski definition) is 4. The van der Waals surface area contributed by atoms with E-state index in [1.165, 1.54) is 51.3 Å². The first-order valence-corrected chi connectivity index (χ1v) is 7.83. The summed E-state index contributed by atoms with van der Waals surface area (Å²) in [7, 11) is 2.25. The van der Waals surface area contributed by atoms with E-state index in [-0.39, 0.29) is 0 Å². The van der Waals surface area contributed by atoms with E-state index >= 15 is 0 Å². The number of piperazine rings is 1. The summed E-state index contributed by atoms with van der Waals surface area (Å²) >= 11 is 1.96. The Bertz CT molecular complexity index is 160. The second-order valence-electron chi connectivity index (χ2n) is 4.59. The van der Waals surface area contributed by atoms with Crippen molar-refractivity contribution in [2.45, 2.75) is 12.8 Å². The molecule has 0 aromatic rings. The summed E-state index contributed by atoms with van der Waals surface area (Å²) in [5.41, 5.74) is 0. The van der Waals surface area contributed by atoms with E-state index in [1.54, 1.807) is 0 Å². The average molecular weight is 245 g/mol. The lowest BCUT2D eigenvalue weighted by Crippen LogP contribution is -2.46. The van der Waals surface area contributed by atoms with Crippen LogP contribution in [0, 0.1) is 0 Å². The SMILES string of the molecule is CSCCCCN(C)CCN1CCNCC1. The minimum Gasteiger partial charge on any atom is -0.314 e.